The topological polar surface area (TPSA) is 68.3 Å². The zero-order chi connectivity index (χ0) is 26.5. The minimum absolute atomic E-state index is 0.0414. The number of carbonyl (C=O) groups excluding carboxylic acids is 2. The first kappa shape index (κ1) is 25.8. The number of nitrogens with zero attached hydrogens (tertiary/aromatic N) is 2. The Morgan fingerprint density at radius 3 is 2.14 bits per heavy atom. The molecule has 2 atom stereocenters. The summed E-state index contributed by atoms with van der Waals surface area (Å²) >= 11 is 0. The van der Waals surface area contributed by atoms with Crippen molar-refractivity contribution < 1.29 is 23.8 Å². The summed E-state index contributed by atoms with van der Waals surface area (Å²) in [5.74, 6) is 1.32. The first-order valence-electron chi connectivity index (χ1n) is 12.1. The number of hydrogen-bond donors (Lipinski definition) is 0. The highest BCUT2D eigenvalue weighted by atomic mass is 16.5. The molecule has 2 unspecified atom stereocenters. The molecule has 37 heavy (non-hydrogen) atoms. The number of para-hydroxylation sites is 2. The van der Waals surface area contributed by atoms with Crippen LogP contribution in [0.25, 0.3) is 6.08 Å². The van der Waals surface area contributed by atoms with Crippen LogP contribution >= 0.6 is 0 Å². The Morgan fingerprint density at radius 2 is 1.54 bits per heavy atom. The van der Waals surface area contributed by atoms with E-state index in [2.05, 4.69) is 0 Å². The minimum atomic E-state index is -0.186. The molecular weight excluding hydrogens is 468 g/mol. The molecule has 2 amide bonds. The van der Waals surface area contributed by atoms with Gasteiger partial charge in [0.15, 0.2) is 11.5 Å². The summed E-state index contributed by atoms with van der Waals surface area (Å²) in [4.78, 5) is 29.9. The fourth-order valence-corrected chi connectivity index (χ4v) is 4.98. The lowest BCUT2D eigenvalue weighted by atomic mass is 9.89. The molecule has 0 saturated carbocycles. The lowest BCUT2D eigenvalue weighted by Crippen LogP contribution is -2.47. The van der Waals surface area contributed by atoms with E-state index in [9.17, 15) is 9.59 Å². The zero-order valence-corrected chi connectivity index (χ0v) is 21.8. The SMILES string of the molecule is COc1cc(/C=C/C(=O)N2c3ccccc3C(N(C(C)=O)c3ccccc3)CC2C)cc(OC)c1OC. The van der Waals surface area contributed by atoms with Crippen LogP contribution in [0.4, 0.5) is 11.4 Å². The lowest BCUT2D eigenvalue weighted by molar-refractivity contribution is -0.117. The molecule has 0 fully saturated rings. The van der Waals surface area contributed by atoms with E-state index in [1.807, 2.05) is 66.4 Å². The first-order valence-corrected chi connectivity index (χ1v) is 12.1. The molecule has 1 aliphatic rings. The molecule has 3 aromatic carbocycles. The summed E-state index contributed by atoms with van der Waals surface area (Å²) in [5.41, 5.74) is 3.32. The number of ether oxygens (including phenoxy) is 3. The first-order chi connectivity index (χ1) is 17.9. The maximum atomic E-state index is 13.5. The van der Waals surface area contributed by atoms with Crippen molar-refractivity contribution in [3.05, 3.63) is 83.9 Å². The van der Waals surface area contributed by atoms with Gasteiger partial charge in [-0.3, -0.25) is 9.59 Å². The molecule has 7 nitrogen and oxygen atoms in total. The average molecular weight is 501 g/mol. The van der Waals surface area contributed by atoms with E-state index in [1.54, 1.807) is 57.4 Å². The Balaban J connectivity index is 1.68. The van der Waals surface area contributed by atoms with Crippen molar-refractivity contribution in [2.24, 2.45) is 0 Å². The van der Waals surface area contributed by atoms with E-state index < -0.39 is 0 Å². The van der Waals surface area contributed by atoms with E-state index >= 15 is 0 Å². The third-order valence-corrected chi connectivity index (χ3v) is 6.59. The normalized spacial score (nSPS) is 16.7. The van der Waals surface area contributed by atoms with Crippen LogP contribution in [0.3, 0.4) is 0 Å². The molecule has 4 rings (SSSR count). The smallest absolute Gasteiger partial charge is 0.251 e. The molecule has 0 N–H and O–H groups in total. The van der Waals surface area contributed by atoms with Gasteiger partial charge in [-0.15, -0.1) is 0 Å². The number of carbonyl (C=O) groups is 2. The highest BCUT2D eigenvalue weighted by Crippen LogP contribution is 2.42. The van der Waals surface area contributed by atoms with Crippen molar-refractivity contribution in [1.82, 2.24) is 0 Å². The number of anilines is 2. The predicted octanol–water partition coefficient (Wildman–Crippen LogP) is 5.65. The molecule has 1 aliphatic heterocycles. The van der Waals surface area contributed by atoms with Gasteiger partial charge in [-0.1, -0.05) is 36.4 Å². The van der Waals surface area contributed by atoms with Crippen LogP contribution in [0.2, 0.25) is 0 Å². The second-order valence-corrected chi connectivity index (χ2v) is 8.88. The number of benzene rings is 3. The second-order valence-electron chi connectivity index (χ2n) is 8.88. The molecule has 0 aromatic heterocycles. The minimum Gasteiger partial charge on any atom is -0.493 e. The molecular formula is C30H32N2O5. The Kier molecular flexibility index (Phi) is 7.82. The van der Waals surface area contributed by atoms with Crippen molar-refractivity contribution in [3.8, 4) is 17.2 Å². The third-order valence-electron chi connectivity index (χ3n) is 6.59. The lowest BCUT2D eigenvalue weighted by Gasteiger charge is -2.43. The van der Waals surface area contributed by atoms with E-state index in [4.69, 9.17) is 14.2 Å². The Morgan fingerprint density at radius 1 is 0.919 bits per heavy atom. The van der Waals surface area contributed by atoms with Crippen LogP contribution in [0.15, 0.2) is 72.8 Å². The molecule has 7 heteroatoms. The summed E-state index contributed by atoms with van der Waals surface area (Å²) in [6.07, 6.45) is 3.89. The van der Waals surface area contributed by atoms with Crippen molar-refractivity contribution in [2.45, 2.75) is 32.4 Å². The van der Waals surface area contributed by atoms with Crippen LogP contribution in [0, 0.1) is 0 Å². The highest BCUT2D eigenvalue weighted by Gasteiger charge is 2.37. The average Bonchev–Trinajstić information content (AvgIpc) is 2.91. The van der Waals surface area contributed by atoms with Gasteiger partial charge in [0.05, 0.1) is 27.4 Å². The fraction of sp³-hybridized carbons (Fsp3) is 0.267. The summed E-state index contributed by atoms with van der Waals surface area (Å²) in [6, 6.07) is 20.7. The van der Waals surface area contributed by atoms with Crippen LogP contribution in [0.5, 0.6) is 17.2 Å². The predicted molar refractivity (Wildman–Crippen MR) is 145 cm³/mol. The summed E-state index contributed by atoms with van der Waals surface area (Å²) < 4.78 is 16.2. The summed E-state index contributed by atoms with van der Waals surface area (Å²) in [7, 11) is 4.66. The van der Waals surface area contributed by atoms with Crippen molar-refractivity contribution >= 4 is 29.3 Å². The quantitative estimate of drug-likeness (QED) is 0.393. The Hall–Kier alpha value is -4.26. The number of rotatable bonds is 7. The van der Waals surface area contributed by atoms with Gasteiger partial charge in [-0.2, -0.15) is 0 Å². The molecule has 3 aromatic rings. The highest BCUT2D eigenvalue weighted by molar-refractivity contribution is 6.05. The van der Waals surface area contributed by atoms with E-state index in [1.165, 1.54) is 0 Å². The molecule has 0 saturated heterocycles. The standard InChI is InChI=1S/C30H32N2O5/c1-20-17-26(32(21(2)33)23-11-7-6-8-12-23)24-13-9-10-14-25(24)31(20)29(34)16-15-22-18-27(35-3)30(37-5)28(19-22)36-4/h6-16,18-20,26H,17H2,1-5H3/b16-15+. The summed E-state index contributed by atoms with van der Waals surface area (Å²) in [6.45, 7) is 3.59. The number of hydrogen-bond acceptors (Lipinski definition) is 5. The van der Waals surface area contributed by atoms with Gasteiger partial charge in [0.25, 0.3) is 5.91 Å². The van der Waals surface area contributed by atoms with Gasteiger partial charge >= 0.3 is 0 Å². The van der Waals surface area contributed by atoms with Crippen LogP contribution in [-0.2, 0) is 9.59 Å². The number of fused-ring (bicyclic) bond motifs is 1. The summed E-state index contributed by atoms with van der Waals surface area (Å²) in [5, 5.41) is 0. The number of methoxy groups -OCH3 is 3. The van der Waals surface area contributed by atoms with Crippen LogP contribution in [-0.4, -0.2) is 39.2 Å². The van der Waals surface area contributed by atoms with Gasteiger partial charge < -0.3 is 24.0 Å². The van der Waals surface area contributed by atoms with Gasteiger partial charge in [0.1, 0.15) is 0 Å². The number of amides is 2. The molecule has 1 heterocycles. The van der Waals surface area contributed by atoms with E-state index in [-0.39, 0.29) is 23.9 Å². The van der Waals surface area contributed by atoms with Crippen LogP contribution < -0.4 is 24.0 Å². The monoisotopic (exact) mass is 500 g/mol. The van der Waals surface area contributed by atoms with Crippen LogP contribution in [0.1, 0.15) is 37.4 Å². The fourth-order valence-electron chi connectivity index (χ4n) is 4.98. The third kappa shape index (κ3) is 5.16. The second kappa shape index (κ2) is 11.2. The van der Waals surface area contributed by atoms with Gasteiger partial charge in [-0.05, 0) is 60.9 Å². The molecule has 0 radical (unpaired) electrons. The maximum Gasteiger partial charge on any atom is 0.251 e. The van der Waals surface area contributed by atoms with Gasteiger partial charge in [0, 0.05) is 30.4 Å². The van der Waals surface area contributed by atoms with Crippen molar-refractivity contribution in [1.29, 1.82) is 0 Å². The zero-order valence-electron chi connectivity index (χ0n) is 21.8. The van der Waals surface area contributed by atoms with E-state index in [0.717, 1.165) is 22.5 Å². The maximum absolute atomic E-state index is 13.5. The van der Waals surface area contributed by atoms with E-state index in [0.29, 0.717) is 23.7 Å². The molecule has 192 valence electrons. The Bertz CT molecular complexity index is 1280. The van der Waals surface area contributed by atoms with Gasteiger partial charge in [0.2, 0.25) is 11.7 Å². The van der Waals surface area contributed by atoms with Crippen molar-refractivity contribution in [2.75, 3.05) is 31.1 Å². The molecule has 0 spiro atoms. The largest absolute Gasteiger partial charge is 0.493 e. The Labute approximate surface area is 217 Å². The molecule has 0 bridgehead atoms. The molecule has 0 aliphatic carbocycles. The van der Waals surface area contributed by atoms with Gasteiger partial charge in [-0.25, -0.2) is 0 Å². The van der Waals surface area contributed by atoms with Crippen molar-refractivity contribution in [3.63, 3.8) is 0 Å².